The SMILES string of the molecule is CC1(C)CCC2=C(C[Si](C)(C)C)c3[nH]c4ccccc4c3[C@@H]2[C@H]1O[Si](C)(C)C(C)(C)C. The van der Waals surface area contributed by atoms with E-state index in [9.17, 15) is 0 Å². The number of aromatic nitrogens is 1. The van der Waals surface area contributed by atoms with E-state index in [0.29, 0.717) is 5.92 Å². The molecule has 1 N–H and O–H groups in total. The molecule has 170 valence electrons. The second-order valence-electron chi connectivity index (χ2n) is 13.5. The summed E-state index contributed by atoms with van der Waals surface area (Å²) in [4.78, 5) is 3.87. The Kier molecular flexibility index (Phi) is 5.35. The van der Waals surface area contributed by atoms with Crippen LogP contribution in [0.1, 0.15) is 64.6 Å². The minimum absolute atomic E-state index is 0.175. The lowest BCUT2D eigenvalue weighted by Gasteiger charge is -2.50. The number of rotatable bonds is 4. The zero-order valence-corrected chi connectivity index (χ0v) is 23.5. The topological polar surface area (TPSA) is 25.0 Å². The molecule has 0 radical (unpaired) electrons. The number of benzene rings is 1. The number of nitrogens with one attached hydrogen (secondary N) is 1. The van der Waals surface area contributed by atoms with E-state index < -0.39 is 16.4 Å². The van der Waals surface area contributed by atoms with Gasteiger partial charge in [-0.05, 0) is 59.6 Å². The van der Waals surface area contributed by atoms with Crippen LogP contribution in [0.4, 0.5) is 0 Å². The fourth-order valence-electron chi connectivity index (χ4n) is 5.39. The van der Waals surface area contributed by atoms with Crippen molar-refractivity contribution in [3.05, 3.63) is 41.1 Å². The molecule has 0 saturated heterocycles. The smallest absolute Gasteiger partial charge is 0.192 e. The molecular formula is C27H43NOSi2. The number of H-pyrrole nitrogens is 1. The normalized spacial score (nSPS) is 23.9. The van der Waals surface area contributed by atoms with Crippen molar-refractivity contribution in [2.24, 2.45) is 5.41 Å². The molecular weight excluding hydrogens is 410 g/mol. The van der Waals surface area contributed by atoms with Crippen molar-refractivity contribution >= 4 is 32.9 Å². The first-order valence-electron chi connectivity index (χ1n) is 12.1. The van der Waals surface area contributed by atoms with Crippen LogP contribution in [0, 0.1) is 5.41 Å². The molecule has 0 unspecified atom stereocenters. The van der Waals surface area contributed by atoms with E-state index in [4.69, 9.17) is 4.43 Å². The predicted molar refractivity (Wildman–Crippen MR) is 141 cm³/mol. The van der Waals surface area contributed by atoms with Gasteiger partial charge < -0.3 is 9.41 Å². The van der Waals surface area contributed by atoms with E-state index in [1.54, 1.807) is 11.1 Å². The molecule has 1 saturated carbocycles. The second-order valence-corrected chi connectivity index (χ2v) is 23.7. The highest BCUT2D eigenvalue weighted by Gasteiger charge is 2.52. The first kappa shape index (κ1) is 23.1. The molecule has 1 aromatic carbocycles. The third-order valence-corrected chi connectivity index (χ3v) is 14.0. The van der Waals surface area contributed by atoms with Crippen LogP contribution in [0.3, 0.4) is 0 Å². The largest absolute Gasteiger partial charge is 0.412 e. The van der Waals surface area contributed by atoms with Gasteiger partial charge >= 0.3 is 0 Å². The van der Waals surface area contributed by atoms with Crippen molar-refractivity contribution in [2.45, 2.75) is 103 Å². The van der Waals surface area contributed by atoms with Crippen LogP contribution in [-0.4, -0.2) is 27.5 Å². The van der Waals surface area contributed by atoms with Crippen LogP contribution < -0.4 is 0 Å². The first-order chi connectivity index (χ1) is 14.1. The van der Waals surface area contributed by atoms with Crippen molar-refractivity contribution in [3.63, 3.8) is 0 Å². The molecule has 2 aliphatic carbocycles. The number of aromatic amines is 1. The number of hydrogen-bond acceptors (Lipinski definition) is 1. The Labute approximate surface area is 192 Å². The van der Waals surface area contributed by atoms with Gasteiger partial charge in [0.15, 0.2) is 8.32 Å². The Balaban J connectivity index is 1.92. The molecule has 4 heteroatoms. The Morgan fingerprint density at radius 3 is 2.32 bits per heavy atom. The van der Waals surface area contributed by atoms with Gasteiger partial charge in [0, 0.05) is 30.6 Å². The Hall–Kier alpha value is -1.11. The van der Waals surface area contributed by atoms with E-state index >= 15 is 0 Å². The molecule has 0 spiro atoms. The maximum absolute atomic E-state index is 7.33. The zero-order chi connectivity index (χ0) is 23.0. The number of hydrogen-bond donors (Lipinski definition) is 1. The lowest BCUT2D eigenvalue weighted by atomic mass is 9.66. The molecule has 1 heterocycles. The average Bonchev–Trinajstić information content (AvgIpc) is 3.11. The highest BCUT2D eigenvalue weighted by molar-refractivity contribution is 6.77. The van der Waals surface area contributed by atoms with Gasteiger partial charge in [-0.3, -0.25) is 0 Å². The molecule has 1 fully saturated rings. The van der Waals surface area contributed by atoms with Gasteiger partial charge in [-0.25, -0.2) is 0 Å². The molecule has 2 atom stereocenters. The van der Waals surface area contributed by atoms with Crippen LogP contribution in [0.25, 0.3) is 16.5 Å². The molecule has 4 rings (SSSR count). The van der Waals surface area contributed by atoms with Gasteiger partial charge in [0.05, 0.1) is 6.10 Å². The maximum Gasteiger partial charge on any atom is 0.192 e. The van der Waals surface area contributed by atoms with Crippen LogP contribution in [0.2, 0.25) is 43.8 Å². The lowest BCUT2D eigenvalue weighted by molar-refractivity contribution is 0.0257. The monoisotopic (exact) mass is 453 g/mol. The number of para-hydroxylation sites is 1. The summed E-state index contributed by atoms with van der Waals surface area (Å²) in [6.45, 7) is 24.4. The van der Waals surface area contributed by atoms with E-state index in [-0.39, 0.29) is 16.6 Å². The standard InChI is InChI=1S/C27H43NOSi2/c1-26(2,3)31(9,10)29-25-23-18(15-16-27(25,4)5)20(17-30(6,7)8)24-22(23)19-13-11-12-14-21(19)28-24/h11-14,23,25,28H,15-17H2,1-10H3/t23-,25-/m1/s1. The molecule has 2 aromatic rings. The van der Waals surface area contributed by atoms with Crippen LogP contribution >= 0.6 is 0 Å². The van der Waals surface area contributed by atoms with Crippen molar-refractivity contribution in [1.29, 1.82) is 0 Å². The second kappa shape index (κ2) is 7.20. The van der Waals surface area contributed by atoms with Crippen molar-refractivity contribution in [3.8, 4) is 0 Å². The van der Waals surface area contributed by atoms with E-state index in [1.807, 2.05) is 0 Å². The summed E-state index contributed by atoms with van der Waals surface area (Å²) >= 11 is 0. The highest BCUT2D eigenvalue weighted by atomic mass is 28.4. The highest BCUT2D eigenvalue weighted by Crippen LogP contribution is 2.59. The minimum atomic E-state index is -1.90. The summed E-state index contributed by atoms with van der Waals surface area (Å²) in [7, 11) is -3.16. The Morgan fingerprint density at radius 1 is 1.06 bits per heavy atom. The molecule has 0 amide bonds. The van der Waals surface area contributed by atoms with Gasteiger partial charge in [-0.15, -0.1) is 0 Å². The van der Waals surface area contributed by atoms with Gasteiger partial charge in [0.25, 0.3) is 0 Å². The van der Waals surface area contributed by atoms with Gasteiger partial charge in [-0.1, -0.05) is 78.0 Å². The van der Waals surface area contributed by atoms with Gasteiger partial charge in [0.2, 0.25) is 0 Å². The lowest BCUT2D eigenvalue weighted by Crippen LogP contribution is -2.51. The van der Waals surface area contributed by atoms with E-state index in [0.717, 1.165) is 0 Å². The predicted octanol–water partition coefficient (Wildman–Crippen LogP) is 8.57. The van der Waals surface area contributed by atoms with Crippen LogP contribution in [0.5, 0.6) is 0 Å². The Morgan fingerprint density at radius 2 is 1.71 bits per heavy atom. The molecule has 0 aliphatic heterocycles. The third-order valence-electron chi connectivity index (χ3n) is 8.17. The maximum atomic E-state index is 7.33. The summed E-state index contributed by atoms with van der Waals surface area (Å²) in [5.74, 6) is 0.398. The van der Waals surface area contributed by atoms with Crippen molar-refractivity contribution < 1.29 is 4.43 Å². The van der Waals surface area contributed by atoms with E-state index in [1.165, 1.54) is 41.0 Å². The summed E-state index contributed by atoms with van der Waals surface area (Å²) < 4.78 is 7.33. The van der Waals surface area contributed by atoms with Crippen LogP contribution in [-0.2, 0) is 4.43 Å². The number of allylic oxidation sites excluding steroid dienone is 1. The summed E-state index contributed by atoms with van der Waals surface area (Å²) in [6.07, 6.45) is 2.68. The molecule has 2 nitrogen and oxygen atoms in total. The van der Waals surface area contributed by atoms with Crippen LogP contribution in [0.15, 0.2) is 29.8 Å². The fraction of sp³-hybridized carbons (Fsp3) is 0.630. The average molecular weight is 454 g/mol. The molecule has 2 aliphatic rings. The summed E-state index contributed by atoms with van der Waals surface area (Å²) in [5.41, 5.74) is 7.76. The van der Waals surface area contributed by atoms with Gasteiger partial charge in [-0.2, -0.15) is 0 Å². The quantitative estimate of drug-likeness (QED) is 0.461. The molecule has 31 heavy (non-hydrogen) atoms. The Bertz CT molecular complexity index is 1030. The first-order valence-corrected chi connectivity index (χ1v) is 18.7. The van der Waals surface area contributed by atoms with Crippen molar-refractivity contribution in [1.82, 2.24) is 4.98 Å². The van der Waals surface area contributed by atoms with Crippen molar-refractivity contribution in [2.75, 3.05) is 0 Å². The minimum Gasteiger partial charge on any atom is -0.412 e. The molecule has 0 bridgehead atoms. The fourth-order valence-corrected chi connectivity index (χ4v) is 8.30. The number of fused-ring (bicyclic) bond motifs is 5. The summed E-state index contributed by atoms with van der Waals surface area (Å²) in [6, 6.07) is 10.2. The van der Waals surface area contributed by atoms with Gasteiger partial charge in [0.1, 0.15) is 0 Å². The molecule has 1 aromatic heterocycles. The third kappa shape index (κ3) is 3.93. The summed E-state index contributed by atoms with van der Waals surface area (Å²) in [5, 5.41) is 1.62. The van der Waals surface area contributed by atoms with E-state index in [2.05, 4.69) is 96.6 Å². The zero-order valence-electron chi connectivity index (χ0n) is 21.5.